The van der Waals surface area contributed by atoms with Gasteiger partial charge in [-0.2, -0.15) is 0 Å². The molecule has 18 heavy (non-hydrogen) atoms. The van der Waals surface area contributed by atoms with Gasteiger partial charge in [0.1, 0.15) is 11.9 Å². The van der Waals surface area contributed by atoms with E-state index in [0.717, 1.165) is 38.0 Å². The van der Waals surface area contributed by atoms with Crippen LogP contribution in [0.15, 0.2) is 18.2 Å². The van der Waals surface area contributed by atoms with Gasteiger partial charge < -0.3 is 15.2 Å². The quantitative estimate of drug-likeness (QED) is 0.894. The fourth-order valence-corrected chi connectivity index (χ4v) is 2.33. The van der Waals surface area contributed by atoms with Crippen LogP contribution < -0.4 is 10.5 Å². The van der Waals surface area contributed by atoms with Crippen molar-refractivity contribution in [2.24, 2.45) is 5.73 Å². The van der Waals surface area contributed by atoms with Gasteiger partial charge in [0.25, 0.3) is 0 Å². The molecule has 0 amide bonds. The number of aryl methyl sites for hydroxylation is 1. The van der Waals surface area contributed by atoms with Crippen molar-refractivity contribution in [3.05, 3.63) is 28.8 Å². The molecule has 1 aromatic carbocycles. The maximum atomic E-state index is 6.23. The van der Waals surface area contributed by atoms with Crippen molar-refractivity contribution in [2.75, 3.05) is 19.8 Å². The maximum absolute atomic E-state index is 6.23. The molecule has 100 valence electrons. The van der Waals surface area contributed by atoms with E-state index in [4.69, 9.17) is 26.8 Å². The Bertz CT molecular complexity index is 378. The molecule has 2 rings (SSSR count). The molecule has 0 bridgehead atoms. The van der Waals surface area contributed by atoms with Gasteiger partial charge in [0, 0.05) is 6.61 Å². The van der Waals surface area contributed by atoms with Crippen LogP contribution in [-0.4, -0.2) is 25.9 Å². The number of rotatable bonds is 5. The summed E-state index contributed by atoms with van der Waals surface area (Å²) in [4.78, 5) is 0. The average molecular weight is 270 g/mol. The van der Waals surface area contributed by atoms with Gasteiger partial charge in [0.05, 0.1) is 11.6 Å². The monoisotopic (exact) mass is 269 g/mol. The largest absolute Gasteiger partial charge is 0.486 e. The molecule has 1 saturated heterocycles. The highest BCUT2D eigenvalue weighted by Crippen LogP contribution is 2.28. The molecule has 0 spiro atoms. The maximum Gasteiger partial charge on any atom is 0.138 e. The Balaban J connectivity index is 1.95. The number of ether oxygens (including phenoxy) is 2. The van der Waals surface area contributed by atoms with Gasteiger partial charge >= 0.3 is 0 Å². The lowest BCUT2D eigenvalue weighted by Gasteiger charge is -2.23. The van der Waals surface area contributed by atoms with E-state index in [-0.39, 0.29) is 6.10 Å². The van der Waals surface area contributed by atoms with Gasteiger partial charge in [0.15, 0.2) is 0 Å². The first-order chi connectivity index (χ1) is 8.79. The van der Waals surface area contributed by atoms with Crippen molar-refractivity contribution >= 4 is 11.6 Å². The predicted octanol–water partition coefficient (Wildman–Crippen LogP) is 2.79. The van der Waals surface area contributed by atoms with E-state index in [9.17, 15) is 0 Å². The van der Waals surface area contributed by atoms with Crippen molar-refractivity contribution < 1.29 is 9.47 Å². The molecule has 2 N–H and O–H groups in total. The molecule has 0 saturated carbocycles. The van der Waals surface area contributed by atoms with Gasteiger partial charge in [-0.15, -0.1) is 0 Å². The van der Waals surface area contributed by atoms with Crippen LogP contribution in [0.5, 0.6) is 5.75 Å². The van der Waals surface area contributed by atoms with Crippen LogP contribution >= 0.6 is 11.6 Å². The van der Waals surface area contributed by atoms with Crippen molar-refractivity contribution in [3.8, 4) is 5.75 Å². The smallest absolute Gasteiger partial charge is 0.138 e. The van der Waals surface area contributed by atoms with Gasteiger partial charge in [-0.3, -0.25) is 0 Å². The Morgan fingerprint density at radius 1 is 1.44 bits per heavy atom. The summed E-state index contributed by atoms with van der Waals surface area (Å²) >= 11 is 6.23. The third kappa shape index (κ3) is 3.87. The van der Waals surface area contributed by atoms with Gasteiger partial charge in [-0.25, -0.2) is 0 Å². The normalized spacial score (nSPS) is 19.8. The molecule has 1 aliphatic heterocycles. The van der Waals surface area contributed by atoms with Crippen LogP contribution in [0, 0.1) is 0 Å². The highest BCUT2D eigenvalue weighted by molar-refractivity contribution is 6.32. The second-order valence-corrected chi connectivity index (χ2v) is 5.02. The number of hydrogen-bond acceptors (Lipinski definition) is 3. The molecule has 1 fully saturated rings. The standard InChI is InChI=1S/C14H20ClNO2/c15-13-9-11(3-1-7-16)5-6-14(13)18-12-4-2-8-17-10-12/h5-6,9,12H,1-4,7-8,10,16H2. The van der Waals surface area contributed by atoms with E-state index in [1.165, 1.54) is 5.56 Å². The van der Waals surface area contributed by atoms with E-state index in [1.807, 2.05) is 12.1 Å². The first-order valence-corrected chi connectivity index (χ1v) is 6.90. The molecule has 0 radical (unpaired) electrons. The Hall–Kier alpha value is -0.770. The first kappa shape index (κ1) is 13.7. The SMILES string of the molecule is NCCCc1ccc(OC2CCCOC2)c(Cl)c1. The molecule has 4 heteroatoms. The molecule has 1 heterocycles. The zero-order valence-electron chi connectivity index (χ0n) is 10.5. The molecule has 1 atom stereocenters. The van der Waals surface area contributed by atoms with Crippen LogP contribution in [0.25, 0.3) is 0 Å². The second kappa shape index (κ2) is 6.98. The molecule has 3 nitrogen and oxygen atoms in total. The summed E-state index contributed by atoms with van der Waals surface area (Å²) < 4.78 is 11.3. The Kier molecular flexibility index (Phi) is 5.29. The number of nitrogens with two attached hydrogens (primary N) is 1. The van der Waals surface area contributed by atoms with Crippen LogP contribution in [-0.2, 0) is 11.2 Å². The Labute approximate surface area is 113 Å². The molecule has 0 aliphatic carbocycles. The van der Waals surface area contributed by atoms with Crippen LogP contribution in [0.3, 0.4) is 0 Å². The molecule has 1 unspecified atom stereocenters. The first-order valence-electron chi connectivity index (χ1n) is 6.52. The van der Waals surface area contributed by atoms with Crippen molar-refractivity contribution in [2.45, 2.75) is 31.8 Å². The topological polar surface area (TPSA) is 44.5 Å². The zero-order valence-corrected chi connectivity index (χ0v) is 11.3. The predicted molar refractivity (Wildman–Crippen MR) is 73.3 cm³/mol. The zero-order chi connectivity index (χ0) is 12.8. The lowest BCUT2D eigenvalue weighted by Crippen LogP contribution is -2.28. The fraction of sp³-hybridized carbons (Fsp3) is 0.571. The summed E-state index contributed by atoms with van der Waals surface area (Å²) in [6.07, 6.45) is 4.16. The molecular weight excluding hydrogens is 250 g/mol. The summed E-state index contributed by atoms with van der Waals surface area (Å²) in [6, 6.07) is 5.97. The minimum atomic E-state index is 0.131. The lowest BCUT2D eigenvalue weighted by molar-refractivity contribution is 0.00747. The van der Waals surface area contributed by atoms with Gasteiger partial charge in [0.2, 0.25) is 0 Å². The van der Waals surface area contributed by atoms with E-state index >= 15 is 0 Å². The second-order valence-electron chi connectivity index (χ2n) is 4.61. The Morgan fingerprint density at radius 3 is 3.00 bits per heavy atom. The van der Waals surface area contributed by atoms with Crippen LogP contribution in [0.1, 0.15) is 24.8 Å². The number of hydrogen-bond donors (Lipinski definition) is 1. The summed E-state index contributed by atoms with van der Waals surface area (Å²) in [7, 11) is 0. The highest BCUT2D eigenvalue weighted by Gasteiger charge is 2.16. The van der Waals surface area contributed by atoms with E-state index in [2.05, 4.69) is 6.07 Å². The summed E-state index contributed by atoms with van der Waals surface area (Å²) in [5.74, 6) is 0.753. The molecule has 0 aromatic heterocycles. The average Bonchev–Trinajstić information content (AvgIpc) is 2.40. The van der Waals surface area contributed by atoms with Gasteiger partial charge in [-0.05, 0) is 49.9 Å². The van der Waals surface area contributed by atoms with Crippen LogP contribution in [0.4, 0.5) is 0 Å². The highest BCUT2D eigenvalue weighted by atomic mass is 35.5. The van der Waals surface area contributed by atoms with E-state index in [1.54, 1.807) is 0 Å². The Morgan fingerprint density at radius 2 is 2.33 bits per heavy atom. The minimum Gasteiger partial charge on any atom is -0.486 e. The third-order valence-corrected chi connectivity index (χ3v) is 3.37. The van der Waals surface area contributed by atoms with Gasteiger partial charge in [-0.1, -0.05) is 17.7 Å². The van der Waals surface area contributed by atoms with E-state index < -0.39 is 0 Å². The van der Waals surface area contributed by atoms with Crippen LogP contribution in [0.2, 0.25) is 5.02 Å². The number of halogens is 1. The fourth-order valence-electron chi connectivity index (χ4n) is 2.09. The van der Waals surface area contributed by atoms with Crippen molar-refractivity contribution in [3.63, 3.8) is 0 Å². The molecule has 1 aromatic rings. The molecule has 1 aliphatic rings. The minimum absolute atomic E-state index is 0.131. The summed E-state index contributed by atoms with van der Waals surface area (Å²) in [6.45, 7) is 2.20. The summed E-state index contributed by atoms with van der Waals surface area (Å²) in [5.41, 5.74) is 6.70. The summed E-state index contributed by atoms with van der Waals surface area (Å²) in [5, 5.41) is 0.676. The number of benzene rings is 1. The lowest BCUT2D eigenvalue weighted by atomic mass is 10.1. The van der Waals surface area contributed by atoms with E-state index in [0.29, 0.717) is 18.2 Å². The molecular formula is C14H20ClNO2. The van der Waals surface area contributed by atoms with Crippen molar-refractivity contribution in [1.82, 2.24) is 0 Å². The third-order valence-electron chi connectivity index (χ3n) is 3.08. The van der Waals surface area contributed by atoms with Crippen molar-refractivity contribution in [1.29, 1.82) is 0 Å².